The molecule has 4 nitrogen and oxygen atoms in total. The monoisotopic (exact) mass is 521 g/mol. The van der Waals surface area contributed by atoms with Gasteiger partial charge in [0.1, 0.15) is 16.6 Å². The van der Waals surface area contributed by atoms with Crippen molar-refractivity contribution in [1.29, 1.82) is 0 Å². The van der Waals surface area contributed by atoms with Crippen LogP contribution < -0.4 is 5.32 Å². The zero-order valence-corrected chi connectivity index (χ0v) is 21.4. The Morgan fingerprint density at radius 2 is 1.86 bits per heavy atom. The lowest BCUT2D eigenvalue weighted by Crippen LogP contribution is -2.38. The molecule has 8 heteroatoms. The number of nitrogens with zero attached hydrogens (tertiary/aromatic N) is 2. The quantitative estimate of drug-likeness (QED) is 0.283. The van der Waals surface area contributed by atoms with Crippen LogP contribution in [0.4, 0.5) is 19.3 Å². The van der Waals surface area contributed by atoms with E-state index in [4.69, 9.17) is 0 Å². The molecule has 0 unspecified atom stereocenters. The second kappa shape index (κ2) is 9.41. The number of carbonyl (C=O) groups excluding carboxylic acids is 1. The number of thiophene rings is 1. The molecule has 2 amide bonds. The standard InChI is InChI=1S/C28H25F2N3OS2/c1-35-19-11-8-17(9-12-19)26-24-6-4-14-32(24)27-21(20-5-2-3-7-25(20)36-27)16-33(26)28(34)31-23-13-10-18(29)15-22(23)30/h4,6,8-15,26H,2-3,5,7,16H2,1H3,(H,31,34)/t26-/m0/s1. The van der Waals surface area contributed by atoms with Gasteiger partial charge in [0, 0.05) is 27.6 Å². The van der Waals surface area contributed by atoms with Crippen LogP contribution >= 0.6 is 23.1 Å². The molecule has 1 aliphatic carbocycles. The predicted molar refractivity (Wildman–Crippen MR) is 141 cm³/mol. The normalized spacial score (nSPS) is 16.6. The molecule has 0 fully saturated rings. The van der Waals surface area contributed by atoms with Gasteiger partial charge in [-0.1, -0.05) is 12.1 Å². The molecule has 0 spiro atoms. The average Bonchev–Trinajstić information content (AvgIpc) is 3.48. The van der Waals surface area contributed by atoms with Crippen molar-refractivity contribution in [3.8, 4) is 5.00 Å². The Hall–Kier alpha value is -3.10. The fraction of sp³-hybridized carbons (Fsp3) is 0.250. The number of aromatic nitrogens is 1. The summed E-state index contributed by atoms with van der Waals surface area (Å²) in [5, 5.41) is 3.88. The molecule has 2 aliphatic rings. The second-order valence-electron chi connectivity index (χ2n) is 9.16. The number of hydrogen-bond acceptors (Lipinski definition) is 3. The number of halogens is 2. The molecule has 1 aliphatic heterocycles. The fourth-order valence-electron chi connectivity index (χ4n) is 5.30. The number of nitrogens with one attached hydrogen (secondary N) is 1. The number of hydrogen-bond donors (Lipinski definition) is 1. The Balaban J connectivity index is 1.48. The van der Waals surface area contributed by atoms with Gasteiger partial charge in [0.15, 0.2) is 0 Å². The van der Waals surface area contributed by atoms with E-state index in [1.54, 1.807) is 16.7 Å². The zero-order valence-electron chi connectivity index (χ0n) is 19.8. The Labute approximate surface area is 216 Å². The lowest BCUT2D eigenvalue weighted by Gasteiger charge is -2.31. The van der Waals surface area contributed by atoms with Crippen molar-refractivity contribution in [1.82, 2.24) is 9.47 Å². The van der Waals surface area contributed by atoms with E-state index >= 15 is 0 Å². The van der Waals surface area contributed by atoms with Gasteiger partial charge >= 0.3 is 6.03 Å². The summed E-state index contributed by atoms with van der Waals surface area (Å²) < 4.78 is 30.2. The smallest absolute Gasteiger partial charge is 0.310 e. The molecule has 1 atom stereocenters. The maximum atomic E-state index is 14.5. The Morgan fingerprint density at radius 1 is 1.06 bits per heavy atom. The molecule has 0 radical (unpaired) electrons. The van der Waals surface area contributed by atoms with E-state index in [1.165, 1.54) is 28.5 Å². The highest BCUT2D eigenvalue weighted by atomic mass is 32.2. The number of urea groups is 1. The van der Waals surface area contributed by atoms with Crippen LogP contribution in [-0.2, 0) is 19.4 Å². The van der Waals surface area contributed by atoms with Gasteiger partial charge in [-0.3, -0.25) is 0 Å². The summed E-state index contributed by atoms with van der Waals surface area (Å²) in [6.45, 7) is 0.409. The van der Waals surface area contributed by atoms with Gasteiger partial charge in [-0.05, 0) is 79.5 Å². The summed E-state index contributed by atoms with van der Waals surface area (Å²) >= 11 is 3.49. The van der Waals surface area contributed by atoms with Gasteiger partial charge < -0.3 is 14.8 Å². The second-order valence-corrected chi connectivity index (χ2v) is 11.1. The van der Waals surface area contributed by atoms with Crippen molar-refractivity contribution >= 4 is 34.8 Å². The molecule has 1 N–H and O–H groups in total. The maximum Gasteiger partial charge on any atom is 0.323 e. The van der Waals surface area contributed by atoms with E-state index in [1.807, 2.05) is 23.7 Å². The van der Waals surface area contributed by atoms with E-state index in [-0.39, 0.29) is 11.7 Å². The third-order valence-corrected chi connectivity index (χ3v) is 9.12. The number of fused-ring (bicyclic) bond motifs is 5. The van der Waals surface area contributed by atoms with E-state index < -0.39 is 17.7 Å². The summed E-state index contributed by atoms with van der Waals surface area (Å²) in [6.07, 6.45) is 8.50. The van der Waals surface area contributed by atoms with Crippen LogP contribution in [0.15, 0.2) is 65.7 Å². The highest BCUT2D eigenvalue weighted by Crippen LogP contribution is 2.44. The Kier molecular flexibility index (Phi) is 6.09. The van der Waals surface area contributed by atoms with Crippen LogP contribution in [0.3, 0.4) is 0 Å². The third kappa shape index (κ3) is 4.02. The number of aryl methyl sites for hydroxylation is 1. The lowest BCUT2D eigenvalue weighted by molar-refractivity contribution is 0.194. The van der Waals surface area contributed by atoms with Gasteiger partial charge in [-0.25, -0.2) is 13.6 Å². The van der Waals surface area contributed by atoms with Crippen LogP contribution in [0.2, 0.25) is 0 Å². The number of amides is 2. The minimum absolute atomic E-state index is 0.0370. The van der Waals surface area contributed by atoms with Crippen molar-refractivity contribution in [2.24, 2.45) is 0 Å². The molecule has 3 heterocycles. The predicted octanol–water partition coefficient (Wildman–Crippen LogP) is 7.55. The van der Waals surface area contributed by atoms with Gasteiger partial charge in [0.2, 0.25) is 0 Å². The van der Waals surface area contributed by atoms with Gasteiger partial charge in [0.05, 0.1) is 24.0 Å². The first-order valence-electron chi connectivity index (χ1n) is 12.0. The molecular weight excluding hydrogens is 496 g/mol. The van der Waals surface area contributed by atoms with E-state index in [2.05, 4.69) is 46.4 Å². The maximum absolute atomic E-state index is 14.5. The molecule has 2 aromatic heterocycles. The van der Waals surface area contributed by atoms with Crippen LogP contribution in [-0.4, -0.2) is 21.8 Å². The van der Waals surface area contributed by atoms with E-state index in [9.17, 15) is 13.6 Å². The van der Waals surface area contributed by atoms with Crippen molar-refractivity contribution in [2.75, 3.05) is 11.6 Å². The molecule has 2 aromatic carbocycles. The van der Waals surface area contributed by atoms with Crippen LogP contribution in [0.25, 0.3) is 5.00 Å². The first-order valence-corrected chi connectivity index (χ1v) is 14.1. The first kappa shape index (κ1) is 23.3. The van der Waals surface area contributed by atoms with Crippen molar-refractivity contribution < 1.29 is 13.6 Å². The third-order valence-electron chi connectivity index (χ3n) is 7.04. The molecule has 0 saturated carbocycles. The minimum atomic E-state index is -0.795. The van der Waals surface area contributed by atoms with E-state index in [0.29, 0.717) is 6.54 Å². The topological polar surface area (TPSA) is 37.3 Å². The van der Waals surface area contributed by atoms with Crippen LogP contribution in [0.5, 0.6) is 0 Å². The average molecular weight is 522 g/mol. The molecule has 4 aromatic rings. The van der Waals surface area contributed by atoms with Crippen molar-refractivity contribution in [3.63, 3.8) is 0 Å². The number of rotatable bonds is 3. The van der Waals surface area contributed by atoms with Crippen molar-refractivity contribution in [2.45, 2.75) is 43.2 Å². The lowest BCUT2D eigenvalue weighted by atomic mass is 9.95. The Morgan fingerprint density at radius 3 is 2.64 bits per heavy atom. The summed E-state index contributed by atoms with van der Waals surface area (Å²) in [5.41, 5.74) is 4.45. The fourth-order valence-corrected chi connectivity index (χ4v) is 7.11. The number of carbonyl (C=O) groups is 1. The molecule has 0 bridgehead atoms. The molecule has 0 saturated heterocycles. The Bertz CT molecular complexity index is 1440. The molecular formula is C28H25F2N3OS2. The number of benzene rings is 2. The number of thioether (sulfide) groups is 1. The largest absolute Gasteiger partial charge is 0.323 e. The zero-order chi connectivity index (χ0) is 24.8. The summed E-state index contributed by atoms with van der Waals surface area (Å²) in [6, 6.07) is 14.7. The number of anilines is 1. The summed E-state index contributed by atoms with van der Waals surface area (Å²) in [7, 11) is 0. The molecule has 6 rings (SSSR count). The summed E-state index contributed by atoms with van der Waals surface area (Å²) in [5.74, 6) is -1.48. The van der Waals surface area contributed by atoms with Crippen LogP contribution in [0, 0.1) is 11.6 Å². The highest BCUT2D eigenvalue weighted by Gasteiger charge is 2.36. The van der Waals surface area contributed by atoms with Gasteiger partial charge in [-0.2, -0.15) is 0 Å². The molecule has 36 heavy (non-hydrogen) atoms. The van der Waals surface area contributed by atoms with Crippen molar-refractivity contribution in [3.05, 3.63) is 99.7 Å². The molecule has 184 valence electrons. The van der Waals surface area contributed by atoms with Gasteiger partial charge in [0.25, 0.3) is 0 Å². The minimum Gasteiger partial charge on any atom is -0.310 e. The first-order chi connectivity index (χ1) is 17.5. The van der Waals surface area contributed by atoms with Gasteiger partial charge in [-0.15, -0.1) is 23.1 Å². The summed E-state index contributed by atoms with van der Waals surface area (Å²) in [4.78, 5) is 18.2. The van der Waals surface area contributed by atoms with Crippen LogP contribution in [0.1, 0.15) is 46.1 Å². The highest BCUT2D eigenvalue weighted by molar-refractivity contribution is 7.98. The SMILES string of the molecule is CSc1ccc([C@H]2c3cccn3-c3sc4c(c3CN2C(=O)Nc2ccc(F)cc2F)CCCC4)cc1. The van der Waals surface area contributed by atoms with E-state index in [0.717, 1.165) is 52.5 Å².